The zero-order valence-corrected chi connectivity index (χ0v) is 50.0. The molecule has 0 N–H and O–H groups in total. The summed E-state index contributed by atoms with van der Waals surface area (Å²) in [6, 6.07) is 110. The number of furan rings is 2. The lowest BCUT2D eigenvalue weighted by Gasteiger charge is -2.27. The Morgan fingerprint density at radius 3 is 1.33 bits per heavy atom. The fourth-order valence-electron chi connectivity index (χ4n) is 14.5. The highest BCUT2D eigenvalue weighted by molar-refractivity contribution is 7.27. The number of nitrogens with zero attached hydrogens (tertiary/aromatic N) is 2. The molecule has 0 aliphatic rings. The van der Waals surface area contributed by atoms with E-state index in [2.05, 4.69) is 295 Å². The van der Waals surface area contributed by atoms with Crippen LogP contribution in [0.5, 0.6) is 0 Å². The van der Waals surface area contributed by atoms with Crippen molar-refractivity contribution >= 4 is 206 Å². The van der Waals surface area contributed by atoms with Crippen LogP contribution in [0.1, 0.15) is 0 Å². The number of thiophene rings is 2. The van der Waals surface area contributed by atoms with Crippen LogP contribution in [-0.2, 0) is 0 Å². The minimum absolute atomic E-state index is 0.889. The molecule has 0 saturated carbocycles. The average molecular weight is 1180 g/mol. The first-order chi connectivity index (χ1) is 44.6. The van der Waals surface area contributed by atoms with Crippen molar-refractivity contribution in [2.45, 2.75) is 0 Å². The van der Waals surface area contributed by atoms with Crippen LogP contribution in [0.4, 0.5) is 34.1 Å². The Morgan fingerprint density at radius 2 is 0.656 bits per heavy atom. The molecule has 0 spiro atoms. The number of para-hydroxylation sites is 4. The molecule has 20 rings (SSSR count). The molecule has 4 aromatic heterocycles. The fourth-order valence-corrected chi connectivity index (χ4v) is 16.8. The van der Waals surface area contributed by atoms with Gasteiger partial charge in [0.25, 0.3) is 0 Å². The third-order valence-electron chi connectivity index (χ3n) is 18.4. The van der Waals surface area contributed by atoms with Crippen molar-refractivity contribution in [2.75, 3.05) is 9.80 Å². The van der Waals surface area contributed by atoms with Crippen molar-refractivity contribution in [3.8, 4) is 0 Å². The molecule has 0 saturated heterocycles. The predicted molar refractivity (Wildman–Crippen MR) is 388 cm³/mol. The average Bonchev–Trinajstić information content (AvgIpc) is 1.35. The number of hydrogen-bond donors (Lipinski definition) is 0. The van der Waals surface area contributed by atoms with E-state index in [0.29, 0.717) is 0 Å². The van der Waals surface area contributed by atoms with Crippen molar-refractivity contribution in [3.63, 3.8) is 0 Å². The molecule has 0 aliphatic heterocycles. The first-order valence-electron chi connectivity index (χ1n) is 30.5. The summed E-state index contributed by atoms with van der Waals surface area (Å²) < 4.78 is 18.0. The Hall–Kier alpha value is -11.3. The molecule has 4 nitrogen and oxygen atoms in total. The predicted octanol–water partition coefficient (Wildman–Crippen LogP) is 25.8. The van der Waals surface area contributed by atoms with Gasteiger partial charge in [0, 0.05) is 90.0 Å². The highest BCUT2D eigenvalue weighted by atomic mass is 32.1. The minimum atomic E-state index is 0.889. The molecule has 0 fully saturated rings. The molecule has 0 atom stereocenters. The summed E-state index contributed by atoms with van der Waals surface area (Å²) >= 11 is 3.75. The number of hydrogen-bond acceptors (Lipinski definition) is 6. The van der Waals surface area contributed by atoms with Crippen LogP contribution in [0.15, 0.2) is 312 Å². The Morgan fingerprint density at radius 1 is 0.222 bits per heavy atom. The SMILES string of the molecule is c1ccc(N(c2ccc3c(ccc4ccc5c(ccc6c7ccccc7oc65)c43)c2)c2cccc3sc4ccccc4c23)cc1.c1ccc(N(c2ccc3c(ccc4ccc5c(ccc6c7ccccc7sc65)c43)c2)c2cccc3oc4ccccc4c23)cc1. The van der Waals surface area contributed by atoms with Crippen molar-refractivity contribution in [1.29, 1.82) is 0 Å². The maximum Gasteiger partial charge on any atom is 0.143 e. The lowest BCUT2D eigenvalue weighted by Crippen LogP contribution is -2.10. The zero-order chi connectivity index (χ0) is 59.0. The summed E-state index contributed by atoms with van der Waals surface area (Å²) in [6.07, 6.45) is 0. The smallest absolute Gasteiger partial charge is 0.143 e. The molecular weight excluding hydrogens is 1130 g/mol. The molecule has 6 heteroatoms. The van der Waals surface area contributed by atoms with Gasteiger partial charge >= 0.3 is 0 Å². The van der Waals surface area contributed by atoms with E-state index in [-0.39, 0.29) is 0 Å². The van der Waals surface area contributed by atoms with Gasteiger partial charge in [0.15, 0.2) is 0 Å². The van der Waals surface area contributed by atoms with Gasteiger partial charge in [-0.3, -0.25) is 0 Å². The van der Waals surface area contributed by atoms with Crippen LogP contribution in [0, 0.1) is 0 Å². The molecule has 20 aromatic rings. The number of rotatable bonds is 6. The van der Waals surface area contributed by atoms with Crippen LogP contribution in [0.25, 0.3) is 149 Å². The molecule has 16 aromatic carbocycles. The van der Waals surface area contributed by atoms with Crippen LogP contribution < -0.4 is 9.80 Å². The van der Waals surface area contributed by atoms with Crippen molar-refractivity contribution in [3.05, 3.63) is 303 Å². The molecule has 420 valence electrons. The number of fused-ring (bicyclic) bond motifs is 24. The first-order valence-corrected chi connectivity index (χ1v) is 32.2. The Kier molecular flexibility index (Phi) is 11.4. The van der Waals surface area contributed by atoms with E-state index >= 15 is 0 Å². The van der Waals surface area contributed by atoms with Gasteiger partial charge in [-0.15, -0.1) is 22.7 Å². The van der Waals surface area contributed by atoms with Gasteiger partial charge in [0.1, 0.15) is 22.3 Å². The Labute approximate surface area is 524 Å². The standard InChI is InChI=1S/2C42H25NOS/c1-2-9-28(10-3-1)43(36-13-8-15-38-41(36)35-12-4-6-14-37(35)44-38)29-20-22-30-27(25-29)18-17-26-19-21-34-32(40(26)30)23-24-33-31-11-5-7-16-39(31)45-42(33)34;1-2-9-28(10-3-1)43(36-13-8-16-39-41(36)35-12-5-7-15-38(35)45-39)29-20-22-30-27(25-29)18-17-26-19-21-34-32(40(26)30)23-24-33-31-11-4-6-14-37(31)44-42(33)34/h2*1-25H. The number of benzene rings is 16. The highest BCUT2D eigenvalue weighted by Crippen LogP contribution is 2.49. The molecule has 90 heavy (non-hydrogen) atoms. The zero-order valence-electron chi connectivity index (χ0n) is 48.4. The lowest BCUT2D eigenvalue weighted by molar-refractivity contribution is 0.669. The van der Waals surface area contributed by atoms with Crippen LogP contribution in [0.3, 0.4) is 0 Å². The van der Waals surface area contributed by atoms with Gasteiger partial charge in [-0.1, -0.05) is 194 Å². The molecule has 0 amide bonds. The van der Waals surface area contributed by atoms with Crippen LogP contribution in [0.2, 0.25) is 0 Å². The number of anilines is 6. The summed E-state index contributed by atoms with van der Waals surface area (Å²) in [4.78, 5) is 4.77. The summed E-state index contributed by atoms with van der Waals surface area (Å²) in [5.74, 6) is 0. The summed E-state index contributed by atoms with van der Waals surface area (Å²) in [5.41, 5.74) is 10.4. The van der Waals surface area contributed by atoms with Gasteiger partial charge in [-0.05, 0) is 163 Å². The third kappa shape index (κ3) is 7.85. The van der Waals surface area contributed by atoms with Gasteiger partial charge in [-0.25, -0.2) is 0 Å². The van der Waals surface area contributed by atoms with E-state index in [1.54, 1.807) is 0 Å². The third-order valence-corrected chi connectivity index (χ3v) is 20.8. The first kappa shape index (κ1) is 50.8. The van der Waals surface area contributed by atoms with Gasteiger partial charge < -0.3 is 18.6 Å². The van der Waals surface area contributed by atoms with E-state index in [9.17, 15) is 0 Å². The lowest BCUT2D eigenvalue weighted by atomic mass is 9.95. The maximum atomic E-state index is 6.43. The van der Waals surface area contributed by atoms with Crippen LogP contribution in [-0.4, -0.2) is 0 Å². The van der Waals surface area contributed by atoms with E-state index < -0.39 is 0 Å². The van der Waals surface area contributed by atoms with Crippen LogP contribution >= 0.6 is 22.7 Å². The molecule has 0 unspecified atom stereocenters. The van der Waals surface area contributed by atoms with Crippen molar-refractivity contribution < 1.29 is 8.83 Å². The van der Waals surface area contributed by atoms with Crippen molar-refractivity contribution in [1.82, 2.24) is 0 Å². The normalized spacial score (nSPS) is 12.0. The second kappa shape index (κ2) is 20.1. The molecule has 0 radical (unpaired) electrons. The van der Waals surface area contributed by atoms with E-state index in [1.807, 2.05) is 40.9 Å². The Balaban J connectivity index is 0.000000130. The van der Waals surface area contributed by atoms with E-state index in [0.717, 1.165) is 77.7 Å². The molecule has 0 bridgehead atoms. The summed E-state index contributed by atoms with van der Waals surface area (Å²) in [7, 11) is 0. The Bertz CT molecular complexity index is 5930. The summed E-state index contributed by atoms with van der Waals surface area (Å²) in [6.45, 7) is 0. The fraction of sp³-hybridized carbons (Fsp3) is 0. The van der Waals surface area contributed by atoms with E-state index in [4.69, 9.17) is 8.83 Å². The second-order valence-corrected chi connectivity index (χ2v) is 25.5. The molecule has 0 aliphatic carbocycles. The topological polar surface area (TPSA) is 32.8 Å². The van der Waals surface area contributed by atoms with Gasteiger partial charge in [-0.2, -0.15) is 0 Å². The quantitative estimate of drug-likeness (QED) is 0.155. The largest absolute Gasteiger partial charge is 0.456 e. The monoisotopic (exact) mass is 1180 g/mol. The van der Waals surface area contributed by atoms with Crippen molar-refractivity contribution in [2.24, 2.45) is 0 Å². The molecular formula is C84H50N2O2S2. The highest BCUT2D eigenvalue weighted by Gasteiger charge is 2.23. The van der Waals surface area contributed by atoms with Gasteiger partial charge in [0.05, 0.1) is 16.8 Å². The second-order valence-electron chi connectivity index (χ2n) is 23.4. The van der Waals surface area contributed by atoms with Gasteiger partial charge in [0.2, 0.25) is 0 Å². The molecule has 4 heterocycles. The van der Waals surface area contributed by atoms with E-state index in [1.165, 1.54) is 105 Å². The summed E-state index contributed by atoms with van der Waals surface area (Å²) in [5, 5.41) is 24.8. The minimum Gasteiger partial charge on any atom is -0.456 e. The maximum absolute atomic E-state index is 6.43.